The molecule has 22 heavy (non-hydrogen) atoms. The molecule has 0 spiro atoms. The summed E-state index contributed by atoms with van der Waals surface area (Å²) in [4.78, 5) is 12.2. The molecule has 2 rings (SSSR count). The highest BCUT2D eigenvalue weighted by atomic mass is 32.2. The molecule has 0 saturated heterocycles. The molecule has 4 heteroatoms. The predicted molar refractivity (Wildman–Crippen MR) is 93.5 cm³/mol. The molecule has 122 valence electrons. The second kappa shape index (κ2) is 9.78. The van der Waals surface area contributed by atoms with Gasteiger partial charge in [0.15, 0.2) is 6.10 Å². The first-order chi connectivity index (χ1) is 10.8. The van der Waals surface area contributed by atoms with E-state index in [1.165, 1.54) is 32.1 Å². The standard InChI is InChI=1S/C18H27NO2S/c1-2-17(21-15-9-5-3-6-10-15)18(20)19-13-14-22-16-11-7-4-8-12-16/h3,5-6,9-10,16-17H,2,4,7-8,11-14H2,1H3,(H,19,20)/t17-/m1/s1. The fraction of sp³-hybridized carbons (Fsp3) is 0.611. The fourth-order valence-electron chi connectivity index (χ4n) is 2.73. The lowest BCUT2D eigenvalue weighted by Gasteiger charge is -2.21. The van der Waals surface area contributed by atoms with Crippen LogP contribution in [0.1, 0.15) is 45.4 Å². The van der Waals surface area contributed by atoms with Crippen molar-refractivity contribution >= 4 is 17.7 Å². The van der Waals surface area contributed by atoms with Crippen molar-refractivity contribution in [2.45, 2.75) is 56.8 Å². The zero-order valence-corrected chi connectivity index (χ0v) is 14.2. The first-order valence-corrected chi connectivity index (χ1v) is 9.45. The Hall–Kier alpha value is -1.16. The van der Waals surface area contributed by atoms with Gasteiger partial charge in [0, 0.05) is 17.5 Å². The summed E-state index contributed by atoms with van der Waals surface area (Å²) in [5, 5.41) is 3.81. The van der Waals surface area contributed by atoms with Crippen LogP contribution >= 0.6 is 11.8 Å². The quantitative estimate of drug-likeness (QED) is 0.735. The molecule has 0 bridgehead atoms. The van der Waals surface area contributed by atoms with Crippen molar-refractivity contribution in [1.82, 2.24) is 5.32 Å². The van der Waals surface area contributed by atoms with E-state index in [0.717, 1.165) is 23.3 Å². The zero-order valence-electron chi connectivity index (χ0n) is 13.4. The van der Waals surface area contributed by atoms with E-state index < -0.39 is 6.10 Å². The number of hydrogen-bond donors (Lipinski definition) is 1. The van der Waals surface area contributed by atoms with Gasteiger partial charge in [0.05, 0.1) is 0 Å². The monoisotopic (exact) mass is 321 g/mol. The van der Waals surface area contributed by atoms with Gasteiger partial charge in [0.2, 0.25) is 0 Å². The van der Waals surface area contributed by atoms with Crippen LogP contribution in [0, 0.1) is 0 Å². The summed E-state index contributed by atoms with van der Waals surface area (Å²) in [7, 11) is 0. The molecular formula is C18H27NO2S. The molecule has 1 aromatic rings. The number of amides is 1. The van der Waals surface area contributed by atoms with Crippen molar-refractivity contribution < 1.29 is 9.53 Å². The molecular weight excluding hydrogens is 294 g/mol. The molecule has 0 aliphatic heterocycles. The molecule has 1 saturated carbocycles. The normalized spacial score (nSPS) is 17.0. The number of carbonyl (C=O) groups is 1. The van der Waals surface area contributed by atoms with Gasteiger partial charge in [-0.05, 0) is 31.4 Å². The summed E-state index contributed by atoms with van der Waals surface area (Å²) >= 11 is 2.01. The van der Waals surface area contributed by atoms with Gasteiger partial charge in [-0.1, -0.05) is 44.4 Å². The number of rotatable bonds is 8. The van der Waals surface area contributed by atoms with E-state index in [0.29, 0.717) is 6.42 Å². The fourth-order valence-corrected chi connectivity index (χ4v) is 3.95. The largest absolute Gasteiger partial charge is 0.481 e. The minimum absolute atomic E-state index is 0.00408. The Morgan fingerprint density at radius 1 is 1.27 bits per heavy atom. The maximum Gasteiger partial charge on any atom is 0.261 e. The molecule has 3 nitrogen and oxygen atoms in total. The van der Waals surface area contributed by atoms with Crippen LogP contribution in [-0.4, -0.2) is 29.6 Å². The van der Waals surface area contributed by atoms with Crippen LogP contribution in [0.4, 0.5) is 0 Å². The van der Waals surface area contributed by atoms with Gasteiger partial charge in [-0.15, -0.1) is 0 Å². The highest BCUT2D eigenvalue weighted by molar-refractivity contribution is 7.99. The Bertz CT molecular complexity index is 432. The molecule has 0 radical (unpaired) electrons. The second-order valence-electron chi connectivity index (χ2n) is 5.75. The zero-order chi connectivity index (χ0) is 15.6. The third kappa shape index (κ3) is 5.91. The van der Waals surface area contributed by atoms with Crippen molar-refractivity contribution in [1.29, 1.82) is 0 Å². The first-order valence-electron chi connectivity index (χ1n) is 8.40. The highest BCUT2D eigenvalue weighted by Crippen LogP contribution is 2.27. The van der Waals surface area contributed by atoms with Crippen LogP contribution in [0.25, 0.3) is 0 Å². The summed E-state index contributed by atoms with van der Waals surface area (Å²) in [6.45, 7) is 2.71. The average Bonchev–Trinajstić information content (AvgIpc) is 2.58. The van der Waals surface area contributed by atoms with Gasteiger partial charge in [0.1, 0.15) is 5.75 Å². The summed E-state index contributed by atoms with van der Waals surface area (Å²) in [5.41, 5.74) is 0. The molecule has 1 aromatic carbocycles. The van der Waals surface area contributed by atoms with Gasteiger partial charge < -0.3 is 10.1 Å². The molecule has 1 amide bonds. The average molecular weight is 321 g/mol. The Balaban J connectivity index is 1.66. The number of para-hydroxylation sites is 1. The Labute approximate surface area is 138 Å². The lowest BCUT2D eigenvalue weighted by Crippen LogP contribution is -2.39. The maximum absolute atomic E-state index is 12.2. The predicted octanol–water partition coefficient (Wildman–Crippen LogP) is 4.03. The molecule has 1 fully saturated rings. The van der Waals surface area contributed by atoms with E-state index >= 15 is 0 Å². The highest BCUT2D eigenvalue weighted by Gasteiger charge is 2.18. The van der Waals surface area contributed by atoms with E-state index in [-0.39, 0.29) is 5.91 Å². The van der Waals surface area contributed by atoms with Crippen molar-refractivity contribution in [3.63, 3.8) is 0 Å². The third-order valence-corrected chi connectivity index (χ3v) is 5.37. The van der Waals surface area contributed by atoms with Gasteiger partial charge in [0.25, 0.3) is 5.91 Å². The molecule has 1 aliphatic rings. The van der Waals surface area contributed by atoms with Crippen molar-refractivity contribution in [2.75, 3.05) is 12.3 Å². The minimum atomic E-state index is -0.401. The van der Waals surface area contributed by atoms with Crippen molar-refractivity contribution in [3.05, 3.63) is 30.3 Å². The Morgan fingerprint density at radius 3 is 2.68 bits per heavy atom. The summed E-state index contributed by atoms with van der Waals surface area (Å²) in [6.07, 6.45) is 7.08. The Morgan fingerprint density at radius 2 is 2.00 bits per heavy atom. The van der Waals surface area contributed by atoms with Gasteiger partial charge in [-0.2, -0.15) is 11.8 Å². The van der Waals surface area contributed by atoms with Crippen LogP contribution in [0.5, 0.6) is 5.75 Å². The molecule has 1 aliphatic carbocycles. The molecule has 0 unspecified atom stereocenters. The number of thioether (sulfide) groups is 1. The molecule has 0 aromatic heterocycles. The van der Waals surface area contributed by atoms with E-state index in [1.54, 1.807) is 0 Å². The number of ether oxygens (including phenoxy) is 1. The topological polar surface area (TPSA) is 38.3 Å². The van der Waals surface area contributed by atoms with E-state index in [9.17, 15) is 4.79 Å². The smallest absolute Gasteiger partial charge is 0.261 e. The maximum atomic E-state index is 12.2. The Kier molecular flexibility index (Phi) is 7.64. The van der Waals surface area contributed by atoms with Gasteiger partial charge in [-0.3, -0.25) is 4.79 Å². The number of benzene rings is 1. The van der Waals surface area contributed by atoms with Crippen LogP contribution < -0.4 is 10.1 Å². The van der Waals surface area contributed by atoms with E-state index in [1.807, 2.05) is 49.0 Å². The summed E-state index contributed by atoms with van der Waals surface area (Å²) < 4.78 is 5.75. The number of nitrogens with one attached hydrogen (secondary N) is 1. The van der Waals surface area contributed by atoms with Crippen molar-refractivity contribution in [3.8, 4) is 5.75 Å². The lowest BCUT2D eigenvalue weighted by molar-refractivity contribution is -0.127. The van der Waals surface area contributed by atoms with Crippen molar-refractivity contribution in [2.24, 2.45) is 0 Å². The van der Waals surface area contributed by atoms with Gasteiger partial charge in [-0.25, -0.2) is 0 Å². The van der Waals surface area contributed by atoms with E-state index in [2.05, 4.69) is 5.32 Å². The first kappa shape index (κ1) is 17.2. The molecule has 1 atom stereocenters. The molecule has 0 heterocycles. The lowest BCUT2D eigenvalue weighted by atomic mass is 10.0. The third-order valence-electron chi connectivity index (χ3n) is 3.99. The van der Waals surface area contributed by atoms with Crippen LogP contribution in [0.2, 0.25) is 0 Å². The SMILES string of the molecule is CC[C@@H](Oc1ccccc1)C(=O)NCCSC1CCCCC1. The summed E-state index contributed by atoms with van der Waals surface area (Å²) in [6, 6.07) is 9.54. The summed E-state index contributed by atoms with van der Waals surface area (Å²) in [5.74, 6) is 1.75. The van der Waals surface area contributed by atoms with E-state index in [4.69, 9.17) is 4.74 Å². The minimum Gasteiger partial charge on any atom is -0.481 e. The number of hydrogen-bond acceptors (Lipinski definition) is 3. The number of carbonyl (C=O) groups excluding carboxylic acids is 1. The van der Waals surface area contributed by atoms with Gasteiger partial charge >= 0.3 is 0 Å². The second-order valence-corrected chi connectivity index (χ2v) is 7.16. The van der Waals surface area contributed by atoms with Crippen LogP contribution in [0.3, 0.4) is 0 Å². The van der Waals surface area contributed by atoms with Crippen LogP contribution in [0.15, 0.2) is 30.3 Å². The van der Waals surface area contributed by atoms with Crippen LogP contribution in [-0.2, 0) is 4.79 Å². The molecule has 1 N–H and O–H groups in total.